The summed E-state index contributed by atoms with van der Waals surface area (Å²) in [5.41, 5.74) is 0.808. The molecule has 24 heavy (non-hydrogen) atoms. The Morgan fingerprint density at radius 3 is 2.21 bits per heavy atom. The zero-order valence-corrected chi connectivity index (χ0v) is 14.1. The van der Waals surface area contributed by atoms with Crippen LogP contribution in [0.4, 0.5) is 19.1 Å². The molecule has 0 saturated carbocycles. The van der Waals surface area contributed by atoms with Crippen LogP contribution >= 0.6 is 0 Å². The molecule has 2 rings (SSSR count). The molecule has 0 atom stereocenters. The highest BCUT2D eigenvalue weighted by Crippen LogP contribution is 2.31. The average molecular weight is 364 g/mol. The summed E-state index contributed by atoms with van der Waals surface area (Å²) in [6, 6.07) is 2.51. The molecule has 0 fully saturated rings. The first-order valence-electron chi connectivity index (χ1n) is 6.63. The SMILES string of the molecule is Cc1cc(C)c(S(=O)(=O)O)cc1-n1nc(C(F)(F)F)nc1N(C)C. The van der Waals surface area contributed by atoms with Gasteiger partial charge in [-0.15, -0.1) is 5.10 Å². The van der Waals surface area contributed by atoms with Crippen LogP contribution in [0, 0.1) is 13.8 Å². The summed E-state index contributed by atoms with van der Waals surface area (Å²) in [5, 5.41) is 3.45. The second kappa shape index (κ2) is 5.74. The Hall–Kier alpha value is -2.14. The molecular formula is C13H15F3N4O3S. The predicted octanol–water partition coefficient (Wildman–Crippen LogP) is 2.22. The molecule has 1 N–H and O–H groups in total. The van der Waals surface area contributed by atoms with E-state index >= 15 is 0 Å². The average Bonchev–Trinajstić information content (AvgIpc) is 2.81. The van der Waals surface area contributed by atoms with E-state index in [9.17, 15) is 26.1 Å². The van der Waals surface area contributed by atoms with Gasteiger partial charge in [-0.1, -0.05) is 6.07 Å². The molecule has 0 radical (unpaired) electrons. The summed E-state index contributed by atoms with van der Waals surface area (Å²) in [6.45, 7) is 3.06. The van der Waals surface area contributed by atoms with Gasteiger partial charge in [-0.05, 0) is 31.0 Å². The molecule has 1 heterocycles. The van der Waals surface area contributed by atoms with Crippen molar-refractivity contribution in [2.45, 2.75) is 24.9 Å². The van der Waals surface area contributed by atoms with Gasteiger partial charge in [0.25, 0.3) is 15.9 Å². The second-order valence-corrected chi connectivity index (χ2v) is 6.81. The summed E-state index contributed by atoms with van der Waals surface area (Å²) in [4.78, 5) is 4.36. The molecule has 0 aliphatic heterocycles. The van der Waals surface area contributed by atoms with Gasteiger partial charge in [-0.2, -0.15) is 31.3 Å². The lowest BCUT2D eigenvalue weighted by Gasteiger charge is -2.15. The molecule has 132 valence electrons. The van der Waals surface area contributed by atoms with E-state index in [1.54, 1.807) is 6.92 Å². The van der Waals surface area contributed by atoms with Crippen LogP contribution in [0.3, 0.4) is 0 Å². The van der Waals surface area contributed by atoms with Crippen molar-refractivity contribution < 1.29 is 26.1 Å². The molecule has 0 aliphatic rings. The zero-order valence-electron chi connectivity index (χ0n) is 13.2. The molecule has 7 nitrogen and oxygen atoms in total. The highest BCUT2D eigenvalue weighted by molar-refractivity contribution is 7.85. The largest absolute Gasteiger partial charge is 0.453 e. The lowest BCUT2D eigenvalue weighted by atomic mass is 10.1. The van der Waals surface area contributed by atoms with Crippen molar-refractivity contribution in [1.82, 2.24) is 14.8 Å². The van der Waals surface area contributed by atoms with E-state index in [1.165, 1.54) is 32.0 Å². The first-order valence-corrected chi connectivity index (χ1v) is 8.07. The summed E-state index contributed by atoms with van der Waals surface area (Å²) >= 11 is 0. The maximum absolute atomic E-state index is 12.9. The minimum atomic E-state index is -4.75. The van der Waals surface area contributed by atoms with E-state index in [0.717, 1.165) is 10.7 Å². The third-order valence-electron chi connectivity index (χ3n) is 3.24. The van der Waals surface area contributed by atoms with E-state index in [2.05, 4.69) is 10.1 Å². The van der Waals surface area contributed by atoms with Crippen LogP contribution in [-0.2, 0) is 16.3 Å². The van der Waals surface area contributed by atoms with Crippen molar-refractivity contribution in [3.05, 3.63) is 29.1 Å². The van der Waals surface area contributed by atoms with Crippen LogP contribution in [0.1, 0.15) is 17.0 Å². The molecule has 2 aromatic rings. The quantitative estimate of drug-likeness (QED) is 0.840. The molecule has 11 heteroatoms. The first kappa shape index (κ1) is 18.2. The fourth-order valence-corrected chi connectivity index (χ4v) is 2.93. The van der Waals surface area contributed by atoms with E-state index < -0.39 is 27.0 Å². The number of benzene rings is 1. The predicted molar refractivity (Wildman–Crippen MR) is 80.0 cm³/mol. The van der Waals surface area contributed by atoms with Crippen LogP contribution in [-0.4, -0.2) is 41.8 Å². The van der Waals surface area contributed by atoms with E-state index in [0.29, 0.717) is 5.56 Å². The van der Waals surface area contributed by atoms with Crippen molar-refractivity contribution in [1.29, 1.82) is 0 Å². The maximum Gasteiger partial charge on any atom is 0.453 e. The molecular weight excluding hydrogens is 349 g/mol. The summed E-state index contributed by atoms with van der Waals surface area (Å²) in [7, 11) is -1.57. The number of alkyl halides is 3. The number of rotatable bonds is 3. The van der Waals surface area contributed by atoms with Crippen LogP contribution in [0.25, 0.3) is 5.69 Å². The second-order valence-electron chi connectivity index (χ2n) is 5.42. The van der Waals surface area contributed by atoms with E-state index in [-0.39, 0.29) is 17.2 Å². The molecule has 0 bridgehead atoms. The number of halogens is 3. The Morgan fingerprint density at radius 1 is 1.17 bits per heavy atom. The van der Waals surface area contributed by atoms with Gasteiger partial charge < -0.3 is 4.90 Å². The van der Waals surface area contributed by atoms with Crippen LogP contribution in [0.5, 0.6) is 0 Å². The highest BCUT2D eigenvalue weighted by Gasteiger charge is 2.38. The van der Waals surface area contributed by atoms with E-state index in [1.807, 2.05) is 0 Å². The standard InChI is InChI=1S/C13H15F3N4O3S/c1-7-5-8(2)10(24(21,22)23)6-9(7)20-12(19(3)4)17-11(18-20)13(14,15)16/h5-6H,1-4H3,(H,21,22,23). The third-order valence-corrected chi connectivity index (χ3v) is 4.24. The number of nitrogens with zero attached hydrogens (tertiary/aromatic N) is 4. The topological polar surface area (TPSA) is 88.3 Å². The van der Waals surface area contributed by atoms with Gasteiger partial charge in [-0.3, -0.25) is 4.55 Å². The van der Waals surface area contributed by atoms with Crippen LogP contribution < -0.4 is 4.90 Å². The van der Waals surface area contributed by atoms with Gasteiger partial charge in [0, 0.05) is 14.1 Å². The minimum absolute atomic E-state index is 0.0694. The number of aromatic nitrogens is 3. The van der Waals surface area contributed by atoms with Gasteiger partial charge >= 0.3 is 6.18 Å². The molecule has 1 aromatic heterocycles. The fourth-order valence-electron chi connectivity index (χ4n) is 2.20. The van der Waals surface area contributed by atoms with Gasteiger partial charge in [0.15, 0.2) is 0 Å². The summed E-state index contributed by atoms with van der Waals surface area (Å²) in [6.07, 6.45) is -4.75. The lowest BCUT2D eigenvalue weighted by Crippen LogP contribution is -2.16. The lowest BCUT2D eigenvalue weighted by molar-refractivity contribution is -0.144. The van der Waals surface area contributed by atoms with Gasteiger partial charge in [0.05, 0.1) is 10.6 Å². The van der Waals surface area contributed by atoms with Crippen LogP contribution in [0.2, 0.25) is 0 Å². The number of aryl methyl sites for hydroxylation is 2. The molecule has 1 aromatic carbocycles. The van der Waals surface area contributed by atoms with Crippen molar-refractivity contribution in [2.24, 2.45) is 0 Å². The van der Waals surface area contributed by atoms with Crippen molar-refractivity contribution in [2.75, 3.05) is 19.0 Å². The first-order chi connectivity index (χ1) is 10.8. The van der Waals surface area contributed by atoms with Crippen molar-refractivity contribution in [3.8, 4) is 5.69 Å². The van der Waals surface area contributed by atoms with Gasteiger partial charge in [-0.25, -0.2) is 0 Å². The molecule has 0 saturated heterocycles. The van der Waals surface area contributed by atoms with E-state index in [4.69, 9.17) is 0 Å². The number of hydrogen-bond donors (Lipinski definition) is 1. The smallest absolute Gasteiger partial charge is 0.347 e. The van der Waals surface area contributed by atoms with Gasteiger partial charge in [0.2, 0.25) is 5.95 Å². The Morgan fingerprint density at radius 2 is 1.75 bits per heavy atom. The zero-order chi connectivity index (χ0) is 18.4. The molecule has 0 spiro atoms. The third kappa shape index (κ3) is 3.36. The van der Waals surface area contributed by atoms with Crippen molar-refractivity contribution >= 4 is 16.1 Å². The fraction of sp³-hybridized carbons (Fsp3) is 0.385. The summed E-state index contributed by atoms with van der Waals surface area (Å²) < 4.78 is 71.8. The molecule has 0 amide bonds. The Labute approximate surface area is 136 Å². The molecule has 0 aliphatic carbocycles. The normalized spacial score (nSPS) is 12.5. The number of hydrogen-bond acceptors (Lipinski definition) is 5. The highest BCUT2D eigenvalue weighted by atomic mass is 32.2. The summed E-state index contributed by atoms with van der Waals surface area (Å²) in [5.74, 6) is -1.48. The van der Waals surface area contributed by atoms with Crippen LogP contribution in [0.15, 0.2) is 17.0 Å². The Bertz CT molecular complexity index is 889. The molecule has 0 unspecified atom stereocenters. The minimum Gasteiger partial charge on any atom is -0.347 e. The monoisotopic (exact) mass is 364 g/mol. The van der Waals surface area contributed by atoms with Gasteiger partial charge in [0.1, 0.15) is 0 Å². The Kier molecular flexibility index (Phi) is 4.35. The maximum atomic E-state index is 12.9. The Balaban J connectivity index is 2.79. The number of anilines is 1. The van der Waals surface area contributed by atoms with Crippen molar-refractivity contribution in [3.63, 3.8) is 0 Å².